The van der Waals surface area contributed by atoms with E-state index in [9.17, 15) is 4.79 Å². The van der Waals surface area contributed by atoms with E-state index < -0.39 is 0 Å². The Bertz CT molecular complexity index is 366. The Morgan fingerprint density at radius 3 is 2.95 bits per heavy atom. The number of aromatic nitrogens is 2. The maximum Gasteiger partial charge on any atom is 0.222 e. The predicted octanol–water partition coefficient (Wildman–Crippen LogP) is 1.62. The highest BCUT2D eigenvalue weighted by molar-refractivity contribution is 5.85. The molecule has 0 saturated carbocycles. The van der Waals surface area contributed by atoms with Crippen molar-refractivity contribution in [2.45, 2.75) is 38.8 Å². The van der Waals surface area contributed by atoms with Crippen molar-refractivity contribution >= 4 is 30.7 Å². The molecule has 2 unspecified atom stereocenters. The minimum Gasteiger partial charge on any atom is -0.353 e. The van der Waals surface area contributed by atoms with Gasteiger partial charge in [0.15, 0.2) is 0 Å². The molecule has 2 N–H and O–H groups in total. The number of amides is 1. The Balaban J connectivity index is 0.00000180. The first-order chi connectivity index (χ1) is 8.75. The summed E-state index contributed by atoms with van der Waals surface area (Å²) in [5.74, 6) is 0.677. The van der Waals surface area contributed by atoms with Gasteiger partial charge in [-0.05, 0) is 44.8 Å². The molecule has 1 saturated heterocycles. The van der Waals surface area contributed by atoms with Crippen molar-refractivity contribution in [3.63, 3.8) is 0 Å². The van der Waals surface area contributed by atoms with E-state index in [0.29, 0.717) is 18.9 Å². The number of carbonyl (C=O) groups is 1. The molecule has 0 radical (unpaired) electrons. The van der Waals surface area contributed by atoms with E-state index in [-0.39, 0.29) is 36.8 Å². The first-order valence-electron chi connectivity index (χ1n) is 6.73. The van der Waals surface area contributed by atoms with E-state index in [0.717, 1.165) is 13.1 Å². The largest absolute Gasteiger partial charge is 0.353 e. The second-order valence-electron chi connectivity index (χ2n) is 4.98. The van der Waals surface area contributed by atoms with Gasteiger partial charge >= 0.3 is 0 Å². The first kappa shape index (κ1) is 19.2. The first-order valence-corrected chi connectivity index (χ1v) is 6.73. The van der Waals surface area contributed by atoms with E-state index >= 15 is 0 Å². The lowest BCUT2D eigenvalue weighted by atomic mass is 9.93. The minimum atomic E-state index is 0. The fraction of sp³-hybridized carbons (Fsp3) is 0.692. The van der Waals surface area contributed by atoms with Crippen LogP contribution in [0.25, 0.3) is 0 Å². The highest BCUT2D eigenvalue weighted by atomic mass is 35.5. The highest BCUT2D eigenvalue weighted by Gasteiger charge is 2.20. The summed E-state index contributed by atoms with van der Waals surface area (Å²) in [5, 5.41) is 10.6. The van der Waals surface area contributed by atoms with Crippen LogP contribution < -0.4 is 10.6 Å². The second-order valence-corrected chi connectivity index (χ2v) is 4.98. The number of piperidine rings is 1. The molecule has 0 bridgehead atoms. The van der Waals surface area contributed by atoms with Crippen LogP contribution in [0.5, 0.6) is 0 Å². The summed E-state index contributed by atoms with van der Waals surface area (Å²) in [4.78, 5) is 11.8. The van der Waals surface area contributed by atoms with Crippen LogP contribution in [0.15, 0.2) is 18.5 Å². The molecule has 116 valence electrons. The number of rotatable bonds is 5. The third-order valence-electron chi connectivity index (χ3n) is 3.56. The molecule has 2 heterocycles. The normalized spacial score (nSPS) is 19.4. The molecule has 7 heteroatoms. The fourth-order valence-corrected chi connectivity index (χ4v) is 2.40. The summed E-state index contributed by atoms with van der Waals surface area (Å²) in [5.41, 5.74) is 0. The van der Waals surface area contributed by atoms with E-state index in [2.05, 4.69) is 22.7 Å². The van der Waals surface area contributed by atoms with Crippen LogP contribution in [0.4, 0.5) is 0 Å². The van der Waals surface area contributed by atoms with Gasteiger partial charge in [-0.25, -0.2) is 0 Å². The van der Waals surface area contributed by atoms with Crippen molar-refractivity contribution in [2.75, 3.05) is 13.1 Å². The van der Waals surface area contributed by atoms with Gasteiger partial charge in [-0.3, -0.25) is 9.48 Å². The summed E-state index contributed by atoms with van der Waals surface area (Å²) in [6.07, 6.45) is 6.51. The lowest BCUT2D eigenvalue weighted by Crippen LogP contribution is -2.44. The van der Waals surface area contributed by atoms with Crippen molar-refractivity contribution in [3.05, 3.63) is 18.5 Å². The lowest BCUT2D eigenvalue weighted by molar-refractivity contribution is -0.122. The molecule has 2 rings (SSSR count). The van der Waals surface area contributed by atoms with Crippen molar-refractivity contribution in [2.24, 2.45) is 5.92 Å². The van der Waals surface area contributed by atoms with Gasteiger partial charge < -0.3 is 10.6 Å². The van der Waals surface area contributed by atoms with Crippen molar-refractivity contribution in [3.8, 4) is 0 Å². The van der Waals surface area contributed by atoms with Crippen LogP contribution in [0, 0.1) is 5.92 Å². The predicted molar refractivity (Wildman–Crippen MR) is 84.5 cm³/mol. The van der Waals surface area contributed by atoms with Crippen molar-refractivity contribution < 1.29 is 4.79 Å². The van der Waals surface area contributed by atoms with Gasteiger partial charge in [0, 0.05) is 31.4 Å². The van der Waals surface area contributed by atoms with Crippen LogP contribution in [0.3, 0.4) is 0 Å². The summed E-state index contributed by atoms with van der Waals surface area (Å²) in [6, 6.07) is 2.12. The van der Waals surface area contributed by atoms with Crippen LogP contribution >= 0.6 is 24.8 Å². The van der Waals surface area contributed by atoms with Gasteiger partial charge in [-0.2, -0.15) is 5.10 Å². The van der Waals surface area contributed by atoms with Crippen molar-refractivity contribution in [1.82, 2.24) is 20.4 Å². The molecule has 1 aliphatic heterocycles. The monoisotopic (exact) mass is 322 g/mol. The molecule has 1 aliphatic rings. The molecule has 1 aromatic heterocycles. The number of hydrogen-bond acceptors (Lipinski definition) is 3. The molecular formula is C13H24Cl2N4O. The lowest BCUT2D eigenvalue weighted by Gasteiger charge is -2.28. The Hall–Kier alpha value is -0.780. The Labute approximate surface area is 132 Å². The number of halogens is 2. The second kappa shape index (κ2) is 10.0. The van der Waals surface area contributed by atoms with Gasteiger partial charge in [0.2, 0.25) is 5.91 Å². The molecule has 2 atom stereocenters. The zero-order valence-electron chi connectivity index (χ0n) is 11.7. The summed E-state index contributed by atoms with van der Waals surface area (Å²) >= 11 is 0. The Morgan fingerprint density at radius 2 is 2.35 bits per heavy atom. The average molecular weight is 323 g/mol. The number of hydrogen-bond donors (Lipinski definition) is 2. The zero-order valence-corrected chi connectivity index (χ0v) is 13.4. The Morgan fingerprint density at radius 1 is 1.55 bits per heavy atom. The topological polar surface area (TPSA) is 59.0 Å². The minimum absolute atomic E-state index is 0. The van der Waals surface area contributed by atoms with Gasteiger partial charge in [0.1, 0.15) is 0 Å². The summed E-state index contributed by atoms with van der Waals surface area (Å²) in [6.45, 7) is 4.87. The smallest absolute Gasteiger partial charge is 0.222 e. The van der Waals surface area contributed by atoms with E-state index in [4.69, 9.17) is 0 Å². The number of carbonyl (C=O) groups excluding carboxylic acids is 1. The van der Waals surface area contributed by atoms with Gasteiger partial charge in [-0.1, -0.05) is 0 Å². The molecule has 5 nitrogen and oxygen atoms in total. The molecule has 1 fully saturated rings. The van der Waals surface area contributed by atoms with Crippen LogP contribution in [0.2, 0.25) is 0 Å². The van der Waals surface area contributed by atoms with E-state index in [1.165, 1.54) is 12.8 Å². The average Bonchev–Trinajstić information content (AvgIpc) is 2.90. The quantitative estimate of drug-likeness (QED) is 0.866. The van der Waals surface area contributed by atoms with Gasteiger partial charge in [-0.15, -0.1) is 24.8 Å². The fourth-order valence-electron chi connectivity index (χ4n) is 2.40. The third kappa shape index (κ3) is 6.11. The molecular weight excluding hydrogens is 299 g/mol. The van der Waals surface area contributed by atoms with Crippen LogP contribution in [0.1, 0.15) is 26.2 Å². The zero-order chi connectivity index (χ0) is 12.8. The number of nitrogens with zero attached hydrogens (tertiary/aromatic N) is 2. The molecule has 20 heavy (non-hydrogen) atoms. The highest BCUT2D eigenvalue weighted by Crippen LogP contribution is 2.14. The summed E-state index contributed by atoms with van der Waals surface area (Å²) < 4.78 is 1.78. The van der Waals surface area contributed by atoms with E-state index in [1.54, 1.807) is 10.9 Å². The molecule has 0 aliphatic carbocycles. The van der Waals surface area contributed by atoms with Gasteiger partial charge in [0.25, 0.3) is 0 Å². The SMILES string of the molecule is CC(NC(=O)CCn1cccn1)C1CCCNC1.Cl.Cl. The number of aryl methyl sites for hydroxylation is 1. The molecule has 1 aromatic rings. The molecule has 0 spiro atoms. The molecule has 0 aromatic carbocycles. The maximum atomic E-state index is 11.8. The van der Waals surface area contributed by atoms with Crippen LogP contribution in [-0.4, -0.2) is 34.8 Å². The molecule has 1 amide bonds. The number of nitrogens with one attached hydrogen (secondary N) is 2. The standard InChI is InChI=1S/C13H22N4O.2ClH/c1-11(12-4-2-6-14-10-12)16-13(18)5-9-17-8-3-7-15-17;;/h3,7-8,11-12,14H,2,4-6,9-10H2,1H3,(H,16,18);2*1H. The third-order valence-corrected chi connectivity index (χ3v) is 3.56. The summed E-state index contributed by atoms with van der Waals surface area (Å²) in [7, 11) is 0. The van der Waals surface area contributed by atoms with Crippen LogP contribution in [-0.2, 0) is 11.3 Å². The Kier molecular flexibility index (Phi) is 9.63. The maximum absolute atomic E-state index is 11.8. The van der Waals surface area contributed by atoms with Gasteiger partial charge in [0.05, 0.1) is 0 Å². The van der Waals surface area contributed by atoms with Crippen molar-refractivity contribution in [1.29, 1.82) is 0 Å². The van der Waals surface area contributed by atoms with E-state index in [1.807, 2.05) is 12.3 Å².